The summed E-state index contributed by atoms with van der Waals surface area (Å²) < 4.78 is 13.2. The Morgan fingerprint density at radius 1 is 0.857 bits per heavy atom. The minimum absolute atomic E-state index is 0.0411. The number of aryl methyl sites for hydroxylation is 1. The zero-order valence-electron chi connectivity index (χ0n) is 20.4. The lowest BCUT2D eigenvalue weighted by atomic mass is 9.82. The maximum absolute atomic E-state index is 13.2. The molecule has 0 saturated carbocycles. The molecule has 1 atom stereocenters. The third kappa shape index (κ3) is 5.99. The van der Waals surface area contributed by atoms with Crippen LogP contribution in [-0.4, -0.2) is 30.4 Å². The number of halogens is 1. The third-order valence-corrected chi connectivity index (χ3v) is 7.58. The number of nitrogens with zero attached hydrogens (tertiary/aromatic N) is 1. The van der Waals surface area contributed by atoms with Gasteiger partial charge in [0.25, 0.3) is 5.91 Å². The van der Waals surface area contributed by atoms with Crippen molar-refractivity contribution < 1.29 is 9.18 Å². The number of carbonyl (C=O) groups is 1. The van der Waals surface area contributed by atoms with E-state index in [2.05, 4.69) is 28.4 Å². The monoisotopic (exact) mass is 470 g/mol. The lowest BCUT2D eigenvalue weighted by molar-refractivity contribution is 0.0950. The number of benzene rings is 3. The summed E-state index contributed by atoms with van der Waals surface area (Å²) in [7, 11) is 0. The maximum atomic E-state index is 13.2. The van der Waals surface area contributed by atoms with Crippen molar-refractivity contribution in [3.05, 3.63) is 94.8 Å². The lowest BCUT2D eigenvalue weighted by Gasteiger charge is -2.27. The zero-order chi connectivity index (χ0) is 24.0. The van der Waals surface area contributed by atoms with E-state index >= 15 is 0 Å². The average molecular weight is 471 g/mol. The van der Waals surface area contributed by atoms with E-state index in [0.717, 1.165) is 30.5 Å². The molecule has 182 valence electrons. The van der Waals surface area contributed by atoms with Crippen LogP contribution in [0.5, 0.6) is 0 Å². The van der Waals surface area contributed by atoms with Crippen LogP contribution < -0.4 is 5.32 Å². The second-order valence-corrected chi connectivity index (χ2v) is 10.1. The molecule has 0 spiro atoms. The predicted molar refractivity (Wildman–Crippen MR) is 140 cm³/mol. The molecule has 1 heterocycles. The molecule has 35 heavy (non-hydrogen) atoms. The molecule has 0 radical (unpaired) electrons. The number of carbonyl (C=O) groups excluding carboxylic acids is 1. The van der Waals surface area contributed by atoms with Crippen molar-refractivity contribution in [1.82, 2.24) is 10.2 Å². The summed E-state index contributed by atoms with van der Waals surface area (Å²) in [5, 5.41) is 3.17. The van der Waals surface area contributed by atoms with E-state index in [1.165, 1.54) is 74.0 Å². The van der Waals surface area contributed by atoms with Crippen molar-refractivity contribution in [2.45, 2.75) is 57.4 Å². The van der Waals surface area contributed by atoms with Gasteiger partial charge in [0, 0.05) is 24.6 Å². The molecule has 3 nitrogen and oxygen atoms in total. The summed E-state index contributed by atoms with van der Waals surface area (Å²) in [4.78, 5) is 15.4. The highest BCUT2D eigenvalue weighted by molar-refractivity contribution is 5.94. The number of rotatable bonds is 6. The number of fused-ring (bicyclic) bond motifs is 1. The van der Waals surface area contributed by atoms with Crippen LogP contribution >= 0.6 is 0 Å². The minimum atomic E-state index is -0.248. The summed E-state index contributed by atoms with van der Waals surface area (Å²) in [6, 6.07) is 21.0. The molecule has 1 amide bonds. The molecule has 3 aromatic carbocycles. The molecule has 1 aliphatic carbocycles. The molecule has 2 aliphatic rings. The fourth-order valence-electron chi connectivity index (χ4n) is 5.61. The number of likely N-dealkylation sites (tertiary alicyclic amines) is 1. The molecule has 1 N–H and O–H groups in total. The molecular formula is C31H35FN2O. The van der Waals surface area contributed by atoms with Crippen LogP contribution in [0.1, 0.15) is 71.5 Å². The first-order chi connectivity index (χ1) is 17.2. The van der Waals surface area contributed by atoms with Gasteiger partial charge in [-0.3, -0.25) is 9.69 Å². The van der Waals surface area contributed by atoms with E-state index in [0.29, 0.717) is 18.0 Å². The molecule has 1 unspecified atom stereocenters. The van der Waals surface area contributed by atoms with Gasteiger partial charge in [-0.25, -0.2) is 4.39 Å². The normalized spacial score (nSPS) is 18.5. The van der Waals surface area contributed by atoms with Gasteiger partial charge in [0.1, 0.15) is 5.82 Å². The Balaban J connectivity index is 1.19. The first-order valence-corrected chi connectivity index (χ1v) is 13.1. The van der Waals surface area contributed by atoms with E-state index in [1.54, 1.807) is 12.1 Å². The molecule has 1 aliphatic heterocycles. The Morgan fingerprint density at radius 2 is 1.54 bits per heavy atom. The minimum Gasteiger partial charge on any atom is -0.351 e. The van der Waals surface area contributed by atoms with E-state index in [-0.39, 0.29) is 11.7 Å². The average Bonchev–Trinajstić information content (AvgIpc) is 3.16. The molecule has 1 saturated heterocycles. The Bertz CT molecular complexity index is 1130. The van der Waals surface area contributed by atoms with Crippen LogP contribution in [-0.2, 0) is 13.0 Å². The number of amides is 1. The first-order valence-electron chi connectivity index (χ1n) is 13.1. The highest BCUT2D eigenvalue weighted by atomic mass is 19.1. The molecule has 4 heteroatoms. The summed E-state index contributed by atoms with van der Waals surface area (Å²) in [5.41, 5.74) is 6.86. The molecule has 1 fully saturated rings. The molecule has 0 aromatic heterocycles. The van der Waals surface area contributed by atoms with Crippen molar-refractivity contribution in [2.24, 2.45) is 0 Å². The highest BCUT2D eigenvalue weighted by Crippen LogP contribution is 2.32. The standard InChI is InChI=1S/C31H35FN2O/c32-29-15-13-25(14-16-29)24-9-11-26(12-10-24)31(35)33-21-28-7-5-6-27-20-23(8-17-30(27)28)22-34-18-3-1-2-4-19-34/h8-17,20,28H,1-7,18-19,21-22H2,(H,33,35). The van der Waals surface area contributed by atoms with Crippen LogP contribution in [0.25, 0.3) is 11.1 Å². The van der Waals surface area contributed by atoms with Gasteiger partial charge in [-0.2, -0.15) is 0 Å². The molecule has 0 bridgehead atoms. The van der Waals surface area contributed by atoms with Gasteiger partial charge in [0.15, 0.2) is 0 Å². The smallest absolute Gasteiger partial charge is 0.251 e. The van der Waals surface area contributed by atoms with E-state index in [4.69, 9.17) is 0 Å². The second-order valence-electron chi connectivity index (χ2n) is 10.1. The fourth-order valence-corrected chi connectivity index (χ4v) is 5.61. The largest absolute Gasteiger partial charge is 0.351 e. The number of hydrogen-bond acceptors (Lipinski definition) is 2. The lowest BCUT2D eigenvalue weighted by Crippen LogP contribution is -2.30. The Kier molecular flexibility index (Phi) is 7.58. The van der Waals surface area contributed by atoms with Gasteiger partial charge in [-0.15, -0.1) is 0 Å². The Hall–Kier alpha value is -2.98. The van der Waals surface area contributed by atoms with E-state index < -0.39 is 0 Å². The van der Waals surface area contributed by atoms with Crippen LogP contribution in [0.2, 0.25) is 0 Å². The van der Waals surface area contributed by atoms with Gasteiger partial charge in [-0.1, -0.05) is 55.3 Å². The van der Waals surface area contributed by atoms with Crippen molar-refractivity contribution >= 4 is 5.91 Å². The van der Waals surface area contributed by atoms with E-state index in [9.17, 15) is 9.18 Å². The van der Waals surface area contributed by atoms with Crippen molar-refractivity contribution in [3.63, 3.8) is 0 Å². The second kappa shape index (κ2) is 11.2. The maximum Gasteiger partial charge on any atom is 0.251 e. The molecule has 5 rings (SSSR count). The number of nitrogens with one attached hydrogen (secondary N) is 1. The zero-order valence-corrected chi connectivity index (χ0v) is 20.4. The van der Waals surface area contributed by atoms with Gasteiger partial charge >= 0.3 is 0 Å². The summed E-state index contributed by atoms with van der Waals surface area (Å²) in [6.45, 7) is 4.16. The molecule has 3 aromatic rings. The fraction of sp³-hybridized carbons (Fsp3) is 0.387. The van der Waals surface area contributed by atoms with Gasteiger partial charge in [-0.05, 0) is 97.3 Å². The Labute approximate surface area is 208 Å². The van der Waals surface area contributed by atoms with Crippen molar-refractivity contribution in [1.29, 1.82) is 0 Å². The highest BCUT2D eigenvalue weighted by Gasteiger charge is 2.22. The quantitative estimate of drug-likeness (QED) is 0.434. The van der Waals surface area contributed by atoms with Crippen molar-refractivity contribution in [3.8, 4) is 11.1 Å². The summed E-state index contributed by atoms with van der Waals surface area (Å²) in [6.07, 6.45) is 8.80. The van der Waals surface area contributed by atoms with Crippen LogP contribution in [0.3, 0.4) is 0 Å². The summed E-state index contributed by atoms with van der Waals surface area (Å²) >= 11 is 0. The van der Waals surface area contributed by atoms with E-state index in [1.807, 2.05) is 24.3 Å². The summed E-state index contributed by atoms with van der Waals surface area (Å²) in [5.74, 6) is 0.0802. The van der Waals surface area contributed by atoms with Crippen LogP contribution in [0.4, 0.5) is 4.39 Å². The first kappa shape index (κ1) is 23.7. The van der Waals surface area contributed by atoms with Gasteiger partial charge < -0.3 is 5.32 Å². The molecular weight excluding hydrogens is 435 g/mol. The SMILES string of the molecule is O=C(NCC1CCCc2cc(CN3CCCCCC3)ccc21)c1ccc(-c2ccc(F)cc2)cc1. The van der Waals surface area contributed by atoms with Crippen LogP contribution in [0.15, 0.2) is 66.7 Å². The third-order valence-electron chi connectivity index (χ3n) is 7.58. The Morgan fingerprint density at radius 3 is 2.26 bits per heavy atom. The predicted octanol–water partition coefficient (Wildman–Crippen LogP) is 6.72. The van der Waals surface area contributed by atoms with Crippen LogP contribution in [0, 0.1) is 5.82 Å². The van der Waals surface area contributed by atoms with Crippen molar-refractivity contribution in [2.75, 3.05) is 19.6 Å². The van der Waals surface area contributed by atoms with Gasteiger partial charge in [0.2, 0.25) is 0 Å². The topological polar surface area (TPSA) is 32.3 Å². The van der Waals surface area contributed by atoms with Gasteiger partial charge in [0.05, 0.1) is 0 Å². The number of hydrogen-bond donors (Lipinski definition) is 1.